The molecule has 1 amide bonds. The highest BCUT2D eigenvalue weighted by molar-refractivity contribution is 7.13. The summed E-state index contributed by atoms with van der Waals surface area (Å²) in [6.45, 7) is 4.27. The average molecular weight is 407 g/mol. The molecule has 29 heavy (non-hydrogen) atoms. The van der Waals surface area contributed by atoms with Gasteiger partial charge in [0, 0.05) is 24.8 Å². The quantitative estimate of drug-likeness (QED) is 0.668. The van der Waals surface area contributed by atoms with Gasteiger partial charge < -0.3 is 9.64 Å². The first-order valence-electron chi connectivity index (χ1n) is 9.44. The minimum absolute atomic E-state index is 0.242. The number of amides is 1. The molecular formula is C21H21N5O2S. The van der Waals surface area contributed by atoms with Gasteiger partial charge in [-0.15, -0.1) is 10.2 Å². The molecule has 1 aliphatic heterocycles. The Bertz CT molecular complexity index is 1000. The first kappa shape index (κ1) is 19.1. The zero-order valence-corrected chi connectivity index (χ0v) is 16.9. The molecule has 0 saturated heterocycles. The molecule has 2 aromatic heterocycles. The largest absolute Gasteiger partial charge is 0.493 e. The predicted molar refractivity (Wildman–Crippen MR) is 115 cm³/mol. The third kappa shape index (κ3) is 4.43. The number of para-hydroxylation sites is 1. The fraction of sp³-hybridized carbons (Fsp3) is 0.238. The second-order valence-electron chi connectivity index (χ2n) is 6.46. The van der Waals surface area contributed by atoms with Gasteiger partial charge in [0.25, 0.3) is 5.91 Å². The van der Waals surface area contributed by atoms with Crippen LogP contribution in [0.15, 0.2) is 54.2 Å². The van der Waals surface area contributed by atoms with Gasteiger partial charge in [-0.1, -0.05) is 35.6 Å². The van der Waals surface area contributed by atoms with Gasteiger partial charge in [-0.25, -0.2) is 4.98 Å². The monoisotopic (exact) mass is 407 g/mol. The molecule has 0 saturated carbocycles. The van der Waals surface area contributed by atoms with Crippen LogP contribution < -0.4 is 15.0 Å². The lowest BCUT2D eigenvalue weighted by Crippen LogP contribution is -2.29. The molecule has 8 heteroatoms. The van der Waals surface area contributed by atoms with Gasteiger partial charge >= 0.3 is 0 Å². The molecule has 0 spiro atoms. The van der Waals surface area contributed by atoms with Crippen LogP contribution in [0.1, 0.15) is 29.3 Å². The SMILES string of the molecule is CCOc1ccccc1C1=CCN(c2ccc(C(=O)Nc3nncs3)cn2)CC1. The molecule has 3 heterocycles. The summed E-state index contributed by atoms with van der Waals surface area (Å²) in [4.78, 5) is 18.9. The molecule has 0 atom stereocenters. The van der Waals surface area contributed by atoms with Crippen molar-refractivity contribution in [1.29, 1.82) is 0 Å². The van der Waals surface area contributed by atoms with Crippen molar-refractivity contribution in [1.82, 2.24) is 15.2 Å². The van der Waals surface area contributed by atoms with Crippen LogP contribution in [0.5, 0.6) is 5.75 Å². The lowest BCUT2D eigenvalue weighted by molar-refractivity contribution is 0.102. The summed E-state index contributed by atoms with van der Waals surface area (Å²) < 4.78 is 5.76. The fourth-order valence-electron chi connectivity index (χ4n) is 3.24. The van der Waals surface area contributed by atoms with Crippen LogP contribution in [0.2, 0.25) is 0 Å². The molecule has 0 unspecified atom stereocenters. The molecule has 4 rings (SSSR count). The van der Waals surface area contributed by atoms with Crippen molar-refractivity contribution in [3.8, 4) is 5.75 Å². The van der Waals surface area contributed by atoms with Crippen molar-refractivity contribution < 1.29 is 9.53 Å². The molecule has 1 N–H and O–H groups in total. The van der Waals surface area contributed by atoms with E-state index in [0.717, 1.165) is 36.6 Å². The highest BCUT2D eigenvalue weighted by atomic mass is 32.1. The van der Waals surface area contributed by atoms with Crippen LogP contribution in [0.3, 0.4) is 0 Å². The number of nitrogens with one attached hydrogen (secondary N) is 1. The van der Waals surface area contributed by atoms with Crippen LogP contribution in [0, 0.1) is 0 Å². The summed E-state index contributed by atoms with van der Waals surface area (Å²) in [7, 11) is 0. The number of nitrogens with zero attached hydrogens (tertiary/aromatic N) is 4. The maximum atomic E-state index is 12.2. The number of hydrogen-bond acceptors (Lipinski definition) is 7. The van der Waals surface area contributed by atoms with Crippen LogP contribution >= 0.6 is 11.3 Å². The van der Waals surface area contributed by atoms with E-state index in [9.17, 15) is 4.79 Å². The smallest absolute Gasteiger partial charge is 0.259 e. The average Bonchev–Trinajstić information content (AvgIpc) is 3.28. The molecule has 1 aromatic carbocycles. The Morgan fingerprint density at radius 2 is 2.17 bits per heavy atom. The lowest BCUT2D eigenvalue weighted by Gasteiger charge is -2.28. The Morgan fingerprint density at radius 3 is 2.86 bits per heavy atom. The molecule has 0 fully saturated rings. The minimum atomic E-state index is -0.242. The fourth-order valence-corrected chi connectivity index (χ4v) is 3.68. The molecule has 0 radical (unpaired) electrons. The van der Waals surface area contributed by atoms with Crippen molar-refractivity contribution in [2.75, 3.05) is 29.9 Å². The molecule has 3 aromatic rings. The van der Waals surface area contributed by atoms with Crippen LogP contribution in [0.25, 0.3) is 5.57 Å². The van der Waals surface area contributed by atoms with Crippen molar-refractivity contribution in [2.24, 2.45) is 0 Å². The van der Waals surface area contributed by atoms with E-state index in [1.54, 1.807) is 17.8 Å². The number of ether oxygens (including phenoxy) is 1. The van der Waals surface area contributed by atoms with E-state index >= 15 is 0 Å². The zero-order valence-electron chi connectivity index (χ0n) is 16.0. The van der Waals surface area contributed by atoms with E-state index in [4.69, 9.17) is 4.74 Å². The van der Waals surface area contributed by atoms with E-state index in [0.29, 0.717) is 17.3 Å². The van der Waals surface area contributed by atoms with E-state index < -0.39 is 0 Å². The molecule has 148 valence electrons. The molecule has 1 aliphatic rings. The van der Waals surface area contributed by atoms with E-state index in [2.05, 4.69) is 37.5 Å². The first-order valence-corrected chi connectivity index (χ1v) is 10.3. The summed E-state index contributed by atoms with van der Waals surface area (Å²) in [5.74, 6) is 1.54. The Hall–Kier alpha value is -3.26. The predicted octanol–water partition coefficient (Wildman–Crippen LogP) is 3.88. The lowest BCUT2D eigenvalue weighted by atomic mass is 9.98. The second-order valence-corrected chi connectivity index (χ2v) is 7.29. The van der Waals surface area contributed by atoms with E-state index in [-0.39, 0.29) is 5.91 Å². The highest BCUT2D eigenvalue weighted by Crippen LogP contribution is 2.31. The number of aromatic nitrogens is 3. The molecule has 0 aliphatic carbocycles. The van der Waals surface area contributed by atoms with E-state index in [1.165, 1.54) is 16.9 Å². The molecule has 7 nitrogen and oxygen atoms in total. The maximum absolute atomic E-state index is 12.2. The van der Waals surface area contributed by atoms with Crippen LogP contribution in [0.4, 0.5) is 10.9 Å². The number of carbonyl (C=O) groups excluding carboxylic acids is 1. The standard InChI is InChI=1S/C21H21N5O2S/c1-2-28-18-6-4-3-5-17(18)15-9-11-26(12-10-15)19-8-7-16(13-22-19)20(27)24-21-25-23-14-29-21/h3-9,13-14H,2,10-12H2,1H3,(H,24,25,27). The first-order chi connectivity index (χ1) is 14.2. The number of benzene rings is 1. The summed E-state index contributed by atoms with van der Waals surface area (Å²) in [5, 5.41) is 10.7. The Morgan fingerprint density at radius 1 is 1.28 bits per heavy atom. The van der Waals surface area contributed by atoms with Gasteiger partial charge in [0.1, 0.15) is 17.1 Å². The Balaban J connectivity index is 1.43. The summed E-state index contributed by atoms with van der Waals surface area (Å²) >= 11 is 1.28. The summed E-state index contributed by atoms with van der Waals surface area (Å²) in [6, 6.07) is 11.8. The van der Waals surface area contributed by atoms with Crippen LogP contribution in [-0.4, -0.2) is 40.8 Å². The van der Waals surface area contributed by atoms with Gasteiger partial charge in [-0.3, -0.25) is 10.1 Å². The Labute approximate surface area is 173 Å². The molecule has 0 bridgehead atoms. The number of anilines is 2. The topological polar surface area (TPSA) is 80.2 Å². The molecular weight excluding hydrogens is 386 g/mol. The van der Waals surface area contributed by atoms with Gasteiger partial charge in [-0.2, -0.15) is 0 Å². The van der Waals surface area contributed by atoms with E-state index in [1.807, 2.05) is 31.2 Å². The third-order valence-corrected chi connectivity index (χ3v) is 5.26. The van der Waals surface area contributed by atoms with Gasteiger partial charge in [0.15, 0.2) is 0 Å². The van der Waals surface area contributed by atoms with Crippen LogP contribution in [-0.2, 0) is 0 Å². The number of carbonyl (C=O) groups is 1. The number of pyridine rings is 1. The van der Waals surface area contributed by atoms with Crippen molar-refractivity contribution in [2.45, 2.75) is 13.3 Å². The number of hydrogen-bond donors (Lipinski definition) is 1. The number of rotatable bonds is 6. The maximum Gasteiger partial charge on any atom is 0.259 e. The van der Waals surface area contributed by atoms with Crippen molar-refractivity contribution >= 4 is 33.8 Å². The third-order valence-electron chi connectivity index (χ3n) is 4.66. The minimum Gasteiger partial charge on any atom is -0.493 e. The zero-order chi connectivity index (χ0) is 20.1. The normalized spacial score (nSPS) is 13.7. The summed E-state index contributed by atoms with van der Waals surface area (Å²) in [5.41, 5.74) is 4.51. The highest BCUT2D eigenvalue weighted by Gasteiger charge is 2.17. The van der Waals surface area contributed by atoms with Gasteiger partial charge in [0.05, 0.1) is 12.2 Å². The van der Waals surface area contributed by atoms with Crippen molar-refractivity contribution in [3.05, 3.63) is 65.3 Å². The van der Waals surface area contributed by atoms with Gasteiger partial charge in [-0.05, 0) is 37.1 Å². The Kier molecular flexibility index (Phi) is 5.81. The summed E-state index contributed by atoms with van der Waals surface area (Å²) in [6.07, 6.45) is 4.72. The van der Waals surface area contributed by atoms with Gasteiger partial charge in [0.2, 0.25) is 5.13 Å². The van der Waals surface area contributed by atoms with Crippen molar-refractivity contribution in [3.63, 3.8) is 0 Å². The second kappa shape index (κ2) is 8.83.